The van der Waals surface area contributed by atoms with Gasteiger partial charge in [-0.1, -0.05) is 30.3 Å². The van der Waals surface area contributed by atoms with Gasteiger partial charge in [-0.25, -0.2) is 4.98 Å². The van der Waals surface area contributed by atoms with Crippen LogP contribution in [0.25, 0.3) is 0 Å². The molecule has 2 saturated heterocycles. The summed E-state index contributed by atoms with van der Waals surface area (Å²) in [6.45, 7) is 4.19. The molecule has 2 aliphatic rings. The van der Waals surface area contributed by atoms with Crippen LogP contribution < -0.4 is 0 Å². The Labute approximate surface area is 165 Å². The quantitative estimate of drug-likeness (QED) is 0.805. The maximum Gasteiger partial charge on any atom is 0.274 e. The second-order valence-corrected chi connectivity index (χ2v) is 7.76. The van der Waals surface area contributed by atoms with Gasteiger partial charge in [0.15, 0.2) is 0 Å². The van der Waals surface area contributed by atoms with E-state index >= 15 is 0 Å². The third kappa shape index (κ3) is 3.39. The minimum atomic E-state index is -0.0818. The lowest BCUT2D eigenvalue weighted by Crippen LogP contribution is -2.48. The summed E-state index contributed by atoms with van der Waals surface area (Å²) in [4.78, 5) is 38.3. The summed E-state index contributed by atoms with van der Waals surface area (Å²) >= 11 is 0. The maximum atomic E-state index is 13.2. The van der Waals surface area contributed by atoms with Gasteiger partial charge in [0, 0.05) is 19.7 Å². The molecule has 2 amide bonds. The Balaban J connectivity index is 1.68. The Morgan fingerprint density at radius 3 is 2.50 bits per heavy atom. The van der Waals surface area contributed by atoms with Gasteiger partial charge in [-0.15, -0.1) is 0 Å². The van der Waals surface area contributed by atoms with Gasteiger partial charge in [-0.05, 0) is 38.2 Å². The SMILES string of the molecule is CC(=O)N1[C@H](c2ccccc2)C[C@@H]2[C@@H]1CCCCN2C(=O)c1cnc(C)cn1. The number of amides is 2. The molecule has 1 aromatic heterocycles. The molecule has 2 fully saturated rings. The molecule has 0 bridgehead atoms. The van der Waals surface area contributed by atoms with E-state index < -0.39 is 0 Å². The van der Waals surface area contributed by atoms with E-state index in [1.165, 1.54) is 0 Å². The number of carbonyl (C=O) groups is 2. The van der Waals surface area contributed by atoms with E-state index in [9.17, 15) is 9.59 Å². The number of rotatable bonds is 2. The van der Waals surface area contributed by atoms with Crippen molar-refractivity contribution in [1.29, 1.82) is 0 Å². The highest BCUT2D eigenvalue weighted by Gasteiger charge is 2.47. The third-order valence-electron chi connectivity index (χ3n) is 5.96. The van der Waals surface area contributed by atoms with Crippen LogP contribution in [0.2, 0.25) is 0 Å². The lowest BCUT2D eigenvalue weighted by Gasteiger charge is -2.33. The van der Waals surface area contributed by atoms with Gasteiger partial charge in [0.2, 0.25) is 5.91 Å². The van der Waals surface area contributed by atoms with Gasteiger partial charge in [-0.2, -0.15) is 0 Å². The van der Waals surface area contributed by atoms with Crippen molar-refractivity contribution in [2.24, 2.45) is 0 Å². The first kappa shape index (κ1) is 18.6. The monoisotopic (exact) mass is 378 g/mol. The molecule has 0 radical (unpaired) electrons. The molecule has 2 aromatic rings. The molecule has 4 rings (SSSR count). The molecule has 6 nitrogen and oxygen atoms in total. The fraction of sp³-hybridized carbons (Fsp3) is 0.455. The van der Waals surface area contributed by atoms with Crippen LogP contribution in [0.5, 0.6) is 0 Å². The van der Waals surface area contributed by atoms with E-state index in [0.29, 0.717) is 12.2 Å². The van der Waals surface area contributed by atoms with Crippen molar-refractivity contribution in [3.63, 3.8) is 0 Å². The van der Waals surface area contributed by atoms with Gasteiger partial charge in [0.1, 0.15) is 5.69 Å². The molecular formula is C22H26N4O2. The zero-order valence-corrected chi connectivity index (χ0v) is 16.4. The zero-order valence-electron chi connectivity index (χ0n) is 16.4. The first-order valence-electron chi connectivity index (χ1n) is 9.99. The van der Waals surface area contributed by atoms with E-state index in [1.807, 2.05) is 34.9 Å². The van der Waals surface area contributed by atoms with E-state index in [-0.39, 0.29) is 29.9 Å². The molecule has 3 heterocycles. The summed E-state index contributed by atoms with van der Waals surface area (Å²) in [5, 5.41) is 0. The smallest absolute Gasteiger partial charge is 0.274 e. The highest BCUT2D eigenvalue weighted by atomic mass is 16.2. The lowest BCUT2D eigenvalue weighted by atomic mass is 10.0. The number of likely N-dealkylation sites (tertiary alicyclic amines) is 2. The van der Waals surface area contributed by atoms with Gasteiger partial charge in [0.05, 0.1) is 30.0 Å². The Kier molecular flexibility index (Phi) is 5.11. The van der Waals surface area contributed by atoms with E-state index in [1.54, 1.807) is 19.3 Å². The average Bonchev–Trinajstić information content (AvgIpc) is 2.96. The Morgan fingerprint density at radius 1 is 1.04 bits per heavy atom. The van der Waals surface area contributed by atoms with Crippen LogP contribution in [0.1, 0.15) is 60.4 Å². The van der Waals surface area contributed by atoms with Crippen molar-refractivity contribution in [1.82, 2.24) is 19.8 Å². The fourth-order valence-corrected chi connectivity index (χ4v) is 4.71. The second kappa shape index (κ2) is 7.70. The number of aromatic nitrogens is 2. The molecule has 3 atom stereocenters. The molecule has 1 aromatic carbocycles. The number of carbonyl (C=O) groups excluding carboxylic acids is 2. The Bertz CT molecular complexity index is 853. The van der Waals surface area contributed by atoms with Crippen LogP contribution >= 0.6 is 0 Å². The van der Waals surface area contributed by atoms with Crippen LogP contribution in [0.3, 0.4) is 0 Å². The van der Waals surface area contributed by atoms with Gasteiger partial charge in [-0.3, -0.25) is 14.6 Å². The minimum absolute atomic E-state index is 0.00574. The molecule has 146 valence electrons. The van der Waals surface area contributed by atoms with Crippen molar-refractivity contribution in [3.05, 3.63) is 59.7 Å². The number of aryl methyl sites for hydroxylation is 1. The van der Waals surface area contributed by atoms with Crippen LogP contribution in [-0.2, 0) is 4.79 Å². The van der Waals surface area contributed by atoms with E-state index in [4.69, 9.17) is 0 Å². The number of benzene rings is 1. The summed E-state index contributed by atoms with van der Waals surface area (Å²) in [5.74, 6) is -0.00704. The van der Waals surface area contributed by atoms with Crippen molar-refractivity contribution < 1.29 is 9.59 Å². The predicted molar refractivity (Wildman–Crippen MR) is 106 cm³/mol. The van der Waals surface area contributed by atoms with Crippen molar-refractivity contribution in [2.75, 3.05) is 6.54 Å². The van der Waals surface area contributed by atoms with Crippen LogP contribution in [-0.4, -0.2) is 50.2 Å². The van der Waals surface area contributed by atoms with Crippen LogP contribution in [0.15, 0.2) is 42.7 Å². The Morgan fingerprint density at radius 2 is 1.82 bits per heavy atom. The van der Waals surface area contributed by atoms with E-state index in [2.05, 4.69) is 22.1 Å². The van der Waals surface area contributed by atoms with Crippen LogP contribution in [0, 0.1) is 6.92 Å². The Hall–Kier alpha value is -2.76. The summed E-state index contributed by atoms with van der Waals surface area (Å²) in [6, 6.07) is 10.2. The fourth-order valence-electron chi connectivity index (χ4n) is 4.71. The van der Waals surface area contributed by atoms with Gasteiger partial charge in [0.25, 0.3) is 5.91 Å². The summed E-state index contributed by atoms with van der Waals surface area (Å²) in [6.07, 6.45) is 6.83. The summed E-state index contributed by atoms with van der Waals surface area (Å²) in [5.41, 5.74) is 2.30. The first-order chi connectivity index (χ1) is 13.6. The molecule has 0 saturated carbocycles. The zero-order chi connectivity index (χ0) is 19.7. The molecule has 28 heavy (non-hydrogen) atoms. The molecule has 2 aliphatic heterocycles. The number of hydrogen-bond donors (Lipinski definition) is 0. The molecule has 0 aliphatic carbocycles. The van der Waals surface area contributed by atoms with Gasteiger partial charge >= 0.3 is 0 Å². The second-order valence-electron chi connectivity index (χ2n) is 7.76. The number of fused-ring (bicyclic) bond motifs is 1. The van der Waals surface area contributed by atoms with Crippen molar-refractivity contribution in [2.45, 2.75) is 57.7 Å². The summed E-state index contributed by atoms with van der Waals surface area (Å²) in [7, 11) is 0. The molecule has 0 spiro atoms. The van der Waals surface area contributed by atoms with E-state index in [0.717, 1.165) is 36.9 Å². The predicted octanol–water partition coefficient (Wildman–Crippen LogP) is 3.14. The highest BCUT2D eigenvalue weighted by Crippen LogP contribution is 2.42. The molecule has 0 N–H and O–H groups in total. The highest BCUT2D eigenvalue weighted by molar-refractivity contribution is 5.92. The lowest BCUT2D eigenvalue weighted by molar-refractivity contribution is -0.132. The number of hydrogen-bond acceptors (Lipinski definition) is 4. The average molecular weight is 378 g/mol. The van der Waals surface area contributed by atoms with Crippen LogP contribution in [0.4, 0.5) is 0 Å². The largest absolute Gasteiger partial charge is 0.332 e. The van der Waals surface area contributed by atoms with Crippen molar-refractivity contribution in [3.8, 4) is 0 Å². The molecule has 6 heteroatoms. The number of nitrogens with zero attached hydrogens (tertiary/aromatic N) is 4. The molecule has 0 unspecified atom stereocenters. The standard InChI is InChI=1S/C22H26N4O2/c1-15-13-24-18(14-23-15)22(28)25-11-7-6-10-19-21(25)12-20(26(19)16(2)27)17-8-4-3-5-9-17/h3-5,8-9,13-14,19-21H,6-7,10-12H2,1-2H3/t19-,20-,21+/m0/s1. The minimum Gasteiger partial charge on any atom is -0.332 e. The third-order valence-corrected chi connectivity index (χ3v) is 5.96. The summed E-state index contributed by atoms with van der Waals surface area (Å²) < 4.78 is 0. The maximum absolute atomic E-state index is 13.2. The van der Waals surface area contributed by atoms with Gasteiger partial charge < -0.3 is 9.80 Å². The topological polar surface area (TPSA) is 66.4 Å². The molecular weight excluding hydrogens is 352 g/mol. The first-order valence-corrected chi connectivity index (χ1v) is 9.99. The normalized spacial score (nSPS) is 24.6. The van der Waals surface area contributed by atoms with Crippen molar-refractivity contribution >= 4 is 11.8 Å².